The van der Waals surface area contributed by atoms with Crippen molar-refractivity contribution in [3.63, 3.8) is 0 Å². The highest BCUT2D eigenvalue weighted by molar-refractivity contribution is 5.55. The molecule has 0 saturated carbocycles. The van der Waals surface area contributed by atoms with Crippen LogP contribution in [0.2, 0.25) is 0 Å². The zero-order valence-electron chi connectivity index (χ0n) is 15.7. The molecule has 2 aromatic carbocycles. The number of nitrogens with zero attached hydrogens (tertiary/aromatic N) is 3. The van der Waals surface area contributed by atoms with Gasteiger partial charge >= 0.3 is 6.18 Å². The van der Waals surface area contributed by atoms with Gasteiger partial charge in [0, 0.05) is 18.0 Å². The summed E-state index contributed by atoms with van der Waals surface area (Å²) in [6.45, 7) is 2.19. The Morgan fingerprint density at radius 3 is 2.28 bits per heavy atom. The van der Waals surface area contributed by atoms with Gasteiger partial charge in [0.2, 0.25) is 0 Å². The highest BCUT2D eigenvalue weighted by Gasteiger charge is 2.34. The molecule has 0 bridgehead atoms. The van der Waals surface area contributed by atoms with Crippen LogP contribution in [0.15, 0.2) is 54.9 Å². The number of aromatic nitrogens is 2. The van der Waals surface area contributed by atoms with E-state index in [1.54, 1.807) is 6.07 Å². The van der Waals surface area contributed by atoms with Crippen LogP contribution in [-0.2, 0) is 19.2 Å². The third kappa shape index (κ3) is 5.11. The summed E-state index contributed by atoms with van der Waals surface area (Å²) in [4.78, 5) is 8.73. The van der Waals surface area contributed by atoms with Crippen LogP contribution in [0.25, 0.3) is 11.4 Å². The van der Waals surface area contributed by atoms with Gasteiger partial charge in [-0.05, 0) is 35.7 Å². The summed E-state index contributed by atoms with van der Waals surface area (Å²) in [5.41, 5.74) is 1.28. The third-order valence-electron chi connectivity index (χ3n) is 4.28. The first-order valence-electron chi connectivity index (χ1n) is 9.05. The maximum atomic E-state index is 13.0. The number of aryl methyl sites for hydroxylation is 1. The monoisotopic (exact) mass is 397 g/mol. The Balaban J connectivity index is 1.68. The number of hydrogen-bond acceptors (Lipinski definition) is 4. The second-order valence-corrected chi connectivity index (χ2v) is 6.47. The molecule has 0 spiro atoms. The lowest BCUT2D eigenvalue weighted by Crippen LogP contribution is -2.08. The van der Waals surface area contributed by atoms with E-state index in [1.165, 1.54) is 6.07 Å². The Hall–Kier alpha value is -3.40. The molecule has 0 aliphatic rings. The second-order valence-electron chi connectivity index (χ2n) is 6.47. The van der Waals surface area contributed by atoms with E-state index in [-0.39, 0.29) is 12.4 Å². The number of alkyl halides is 3. The van der Waals surface area contributed by atoms with Crippen molar-refractivity contribution in [3.05, 3.63) is 77.1 Å². The van der Waals surface area contributed by atoms with E-state index in [9.17, 15) is 13.2 Å². The molecule has 29 heavy (non-hydrogen) atoms. The lowest BCUT2D eigenvalue weighted by atomic mass is 10.1. The first-order chi connectivity index (χ1) is 13.9. The van der Waals surface area contributed by atoms with E-state index in [0.717, 1.165) is 41.7 Å². The molecule has 0 aliphatic heterocycles. The van der Waals surface area contributed by atoms with E-state index in [1.807, 2.05) is 36.7 Å². The minimum Gasteiger partial charge on any atom is -0.489 e. The van der Waals surface area contributed by atoms with Crippen LogP contribution in [0, 0.1) is 11.3 Å². The highest BCUT2D eigenvalue weighted by Crippen LogP contribution is 2.34. The van der Waals surface area contributed by atoms with Crippen LogP contribution < -0.4 is 4.74 Å². The summed E-state index contributed by atoms with van der Waals surface area (Å²) in [6, 6.07) is 12.2. The Morgan fingerprint density at radius 2 is 1.69 bits per heavy atom. The minimum absolute atomic E-state index is 0.0512. The predicted octanol–water partition coefficient (Wildman–Crippen LogP) is 5.57. The molecular formula is C22H18F3N3O. The van der Waals surface area contributed by atoms with Crippen molar-refractivity contribution < 1.29 is 17.9 Å². The van der Waals surface area contributed by atoms with Crippen molar-refractivity contribution in [2.24, 2.45) is 0 Å². The van der Waals surface area contributed by atoms with E-state index < -0.39 is 17.3 Å². The van der Waals surface area contributed by atoms with Gasteiger partial charge in [-0.15, -0.1) is 0 Å². The summed E-state index contributed by atoms with van der Waals surface area (Å²) in [7, 11) is 0. The molecule has 0 fully saturated rings. The first-order valence-corrected chi connectivity index (χ1v) is 9.05. The molecule has 0 aliphatic carbocycles. The Bertz CT molecular complexity index is 1010. The number of nitriles is 1. The molecule has 0 unspecified atom stereocenters. The average Bonchev–Trinajstić information content (AvgIpc) is 2.73. The second kappa shape index (κ2) is 8.74. The van der Waals surface area contributed by atoms with Crippen LogP contribution in [0.1, 0.15) is 35.6 Å². The minimum atomic E-state index is -4.61. The van der Waals surface area contributed by atoms with Crippen molar-refractivity contribution in [3.8, 4) is 23.2 Å². The number of benzene rings is 2. The van der Waals surface area contributed by atoms with Crippen molar-refractivity contribution >= 4 is 0 Å². The van der Waals surface area contributed by atoms with Crippen molar-refractivity contribution in [2.75, 3.05) is 0 Å². The fourth-order valence-corrected chi connectivity index (χ4v) is 2.78. The van der Waals surface area contributed by atoms with Gasteiger partial charge < -0.3 is 4.74 Å². The molecule has 3 rings (SSSR count). The van der Waals surface area contributed by atoms with Crippen LogP contribution >= 0.6 is 0 Å². The fraction of sp³-hybridized carbons (Fsp3) is 0.227. The zero-order valence-corrected chi connectivity index (χ0v) is 15.7. The van der Waals surface area contributed by atoms with Crippen LogP contribution in [-0.4, -0.2) is 9.97 Å². The number of halogens is 3. The lowest BCUT2D eigenvalue weighted by Gasteiger charge is -2.12. The van der Waals surface area contributed by atoms with Crippen molar-refractivity contribution in [1.29, 1.82) is 5.26 Å². The summed E-state index contributed by atoms with van der Waals surface area (Å²) >= 11 is 0. The molecule has 7 heteroatoms. The van der Waals surface area contributed by atoms with Gasteiger partial charge in [0.25, 0.3) is 0 Å². The maximum Gasteiger partial charge on any atom is 0.417 e. The molecule has 1 aromatic heterocycles. The number of ether oxygens (including phenoxy) is 1. The molecule has 3 aromatic rings. The Labute approximate surface area is 166 Å². The van der Waals surface area contributed by atoms with E-state index in [0.29, 0.717) is 5.82 Å². The number of hydrogen-bond donors (Lipinski definition) is 0. The number of rotatable bonds is 6. The summed E-state index contributed by atoms with van der Waals surface area (Å²) in [5.74, 6) is 0.662. The Morgan fingerprint density at radius 1 is 1.00 bits per heavy atom. The lowest BCUT2D eigenvalue weighted by molar-refractivity contribution is -0.137. The average molecular weight is 397 g/mol. The maximum absolute atomic E-state index is 13.0. The fourth-order valence-electron chi connectivity index (χ4n) is 2.78. The third-order valence-corrected chi connectivity index (χ3v) is 4.28. The van der Waals surface area contributed by atoms with Gasteiger partial charge in [-0.1, -0.05) is 37.6 Å². The smallest absolute Gasteiger partial charge is 0.417 e. The quantitative estimate of drug-likeness (QED) is 0.546. The summed E-state index contributed by atoms with van der Waals surface area (Å²) < 4.78 is 44.6. The van der Waals surface area contributed by atoms with Gasteiger partial charge in [-0.2, -0.15) is 18.4 Å². The van der Waals surface area contributed by atoms with Gasteiger partial charge in [0.15, 0.2) is 5.82 Å². The van der Waals surface area contributed by atoms with Crippen molar-refractivity contribution in [1.82, 2.24) is 9.97 Å². The zero-order chi connectivity index (χ0) is 20.9. The van der Waals surface area contributed by atoms with E-state index >= 15 is 0 Å². The molecule has 0 atom stereocenters. The SMILES string of the molecule is CCCc1cnc(-c2ccc(COc3ccc(C#N)c(C(F)(F)F)c3)cc2)nc1. The molecule has 148 valence electrons. The van der Waals surface area contributed by atoms with E-state index in [2.05, 4.69) is 16.9 Å². The summed E-state index contributed by atoms with van der Waals surface area (Å²) in [5, 5.41) is 8.84. The van der Waals surface area contributed by atoms with Gasteiger partial charge in [0.1, 0.15) is 12.4 Å². The molecule has 4 nitrogen and oxygen atoms in total. The molecule has 0 radical (unpaired) electrons. The highest BCUT2D eigenvalue weighted by atomic mass is 19.4. The van der Waals surface area contributed by atoms with Crippen LogP contribution in [0.5, 0.6) is 5.75 Å². The van der Waals surface area contributed by atoms with Gasteiger partial charge in [0.05, 0.1) is 17.2 Å². The molecule has 0 N–H and O–H groups in total. The largest absolute Gasteiger partial charge is 0.489 e. The predicted molar refractivity (Wildman–Crippen MR) is 102 cm³/mol. The van der Waals surface area contributed by atoms with Crippen LogP contribution in [0.3, 0.4) is 0 Å². The first kappa shape index (κ1) is 20.3. The molecule has 1 heterocycles. The molecule has 0 saturated heterocycles. The van der Waals surface area contributed by atoms with Gasteiger partial charge in [-0.25, -0.2) is 9.97 Å². The molecular weight excluding hydrogens is 379 g/mol. The Kier molecular flexibility index (Phi) is 6.13. The van der Waals surface area contributed by atoms with Crippen molar-refractivity contribution in [2.45, 2.75) is 32.5 Å². The van der Waals surface area contributed by atoms with E-state index in [4.69, 9.17) is 10.00 Å². The normalized spacial score (nSPS) is 11.1. The van der Waals surface area contributed by atoms with Gasteiger partial charge in [-0.3, -0.25) is 0 Å². The topological polar surface area (TPSA) is 58.8 Å². The standard InChI is InChI=1S/C22H18F3N3O/c1-2-3-16-12-27-21(28-13-16)17-6-4-15(5-7-17)14-29-19-9-8-18(11-26)20(10-19)22(23,24)25/h4-10,12-13H,2-3,14H2,1H3. The summed E-state index contributed by atoms with van der Waals surface area (Å²) in [6.07, 6.45) is 0.972. The molecule has 0 amide bonds. The van der Waals surface area contributed by atoms with Crippen LogP contribution in [0.4, 0.5) is 13.2 Å².